The van der Waals surface area contributed by atoms with E-state index in [2.05, 4.69) is 15.0 Å². The maximum atomic E-state index is 8.54. The molecule has 0 amide bonds. The van der Waals surface area contributed by atoms with E-state index in [0.717, 1.165) is 16.1 Å². The molecular formula is C9H8N4OS. The van der Waals surface area contributed by atoms with Gasteiger partial charge in [-0.15, -0.1) is 11.3 Å². The fourth-order valence-electron chi connectivity index (χ4n) is 1.33. The molecule has 5 nitrogen and oxygen atoms in total. The third-order valence-electron chi connectivity index (χ3n) is 2.06. The first kappa shape index (κ1) is 9.76. The Bertz CT molecular complexity index is 484. The van der Waals surface area contributed by atoms with Gasteiger partial charge >= 0.3 is 0 Å². The van der Waals surface area contributed by atoms with E-state index in [9.17, 15) is 0 Å². The molecule has 1 unspecified atom stereocenters. The average molecular weight is 220 g/mol. The Morgan fingerprint density at radius 2 is 2.53 bits per heavy atom. The highest BCUT2D eigenvalue weighted by Gasteiger charge is 2.17. The molecule has 0 fully saturated rings. The molecule has 0 bridgehead atoms. The number of furan rings is 1. The number of nitrogens with zero attached hydrogens (tertiary/aromatic N) is 4. The summed E-state index contributed by atoms with van der Waals surface area (Å²) in [6, 6.07) is 1.46. The predicted octanol–water partition coefficient (Wildman–Crippen LogP) is 3.44. The van der Waals surface area contributed by atoms with Gasteiger partial charge in [0, 0.05) is 15.4 Å². The Labute approximate surface area is 90.0 Å². The van der Waals surface area contributed by atoms with Gasteiger partial charge < -0.3 is 4.42 Å². The van der Waals surface area contributed by atoms with Gasteiger partial charge in [-0.3, -0.25) is 0 Å². The van der Waals surface area contributed by atoms with Gasteiger partial charge in [0.25, 0.3) is 0 Å². The Morgan fingerprint density at radius 1 is 1.67 bits per heavy atom. The topological polar surface area (TPSA) is 74.8 Å². The van der Waals surface area contributed by atoms with Gasteiger partial charge in [0.1, 0.15) is 6.04 Å². The highest BCUT2D eigenvalue weighted by atomic mass is 32.1. The van der Waals surface area contributed by atoms with Crippen LogP contribution in [0, 0.1) is 6.92 Å². The van der Waals surface area contributed by atoms with Gasteiger partial charge in [0.05, 0.1) is 23.7 Å². The van der Waals surface area contributed by atoms with Crippen molar-refractivity contribution in [2.75, 3.05) is 0 Å². The molecule has 0 aliphatic heterocycles. The summed E-state index contributed by atoms with van der Waals surface area (Å²) < 4.78 is 4.98. The minimum absolute atomic E-state index is 0.332. The molecule has 0 saturated carbocycles. The van der Waals surface area contributed by atoms with Crippen LogP contribution >= 0.6 is 11.3 Å². The largest absolute Gasteiger partial charge is 0.472 e. The van der Waals surface area contributed by atoms with Crippen molar-refractivity contribution in [2.45, 2.75) is 13.0 Å². The van der Waals surface area contributed by atoms with Gasteiger partial charge in [0.15, 0.2) is 0 Å². The Hall–Kier alpha value is -1.78. The maximum Gasteiger partial charge on any atom is 0.102 e. The molecule has 0 spiro atoms. The third-order valence-corrected chi connectivity index (χ3v) is 3.04. The zero-order chi connectivity index (χ0) is 10.7. The first-order valence-electron chi connectivity index (χ1n) is 4.29. The summed E-state index contributed by atoms with van der Waals surface area (Å²) in [5, 5.41) is 3.76. The van der Waals surface area contributed by atoms with E-state index < -0.39 is 0 Å². The lowest BCUT2D eigenvalue weighted by atomic mass is 10.1. The van der Waals surface area contributed by atoms with Crippen molar-refractivity contribution in [1.29, 1.82) is 0 Å². The van der Waals surface area contributed by atoms with E-state index >= 15 is 0 Å². The summed E-state index contributed by atoms with van der Waals surface area (Å²) in [7, 11) is 0. The molecule has 15 heavy (non-hydrogen) atoms. The van der Waals surface area contributed by atoms with Crippen LogP contribution in [0.3, 0.4) is 0 Å². The number of hydrogen-bond acceptors (Lipinski definition) is 4. The van der Waals surface area contributed by atoms with E-state index in [1.54, 1.807) is 24.1 Å². The van der Waals surface area contributed by atoms with Crippen molar-refractivity contribution >= 4 is 11.3 Å². The van der Waals surface area contributed by atoms with Crippen LogP contribution in [0.1, 0.15) is 22.2 Å². The van der Waals surface area contributed by atoms with Crippen molar-refractivity contribution in [1.82, 2.24) is 4.98 Å². The first-order valence-corrected chi connectivity index (χ1v) is 5.17. The molecule has 6 heteroatoms. The standard InChI is InChI=1S/C9H8N4OS/c1-6-9(15-5-11-6)8(12-13-10)7-2-3-14-4-7/h2-5,8H,1H3. The molecule has 0 saturated heterocycles. The number of hydrogen-bond donors (Lipinski definition) is 0. The molecule has 2 rings (SSSR count). The van der Waals surface area contributed by atoms with Crippen molar-refractivity contribution in [3.05, 3.63) is 50.7 Å². The molecule has 0 aliphatic carbocycles. The van der Waals surface area contributed by atoms with Gasteiger partial charge in [-0.05, 0) is 18.5 Å². The van der Waals surface area contributed by atoms with Crippen LogP contribution in [-0.2, 0) is 0 Å². The zero-order valence-corrected chi connectivity index (χ0v) is 8.81. The molecule has 2 aromatic heterocycles. The molecule has 2 heterocycles. The Morgan fingerprint density at radius 3 is 3.07 bits per heavy atom. The number of thiazole rings is 1. The molecule has 0 radical (unpaired) electrons. The highest BCUT2D eigenvalue weighted by molar-refractivity contribution is 7.09. The van der Waals surface area contributed by atoms with Gasteiger partial charge in [0.2, 0.25) is 0 Å². The molecule has 2 aromatic rings. The number of aromatic nitrogens is 1. The molecule has 76 valence electrons. The van der Waals surface area contributed by atoms with Gasteiger partial charge in [-0.25, -0.2) is 4.98 Å². The second-order valence-corrected chi connectivity index (χ2v) is 3.85. The van der Waals surface area contributed by atoms with Gasteiger partial charge in [-0.1, -0.05) is 5.11 Å². The minimum atomic E-state index is -0.332. The van der Waals surface area contributed by atoms with Crippen LogP contribution in [-0.4, -0.2) is 4.98 Å². The quantitative estimate of drug-likeness (QED) is 0.451. The van der Waals surface area contributed by atoms with Crippen LogP contribution in [0.15, 0.2) is 33.6 Å². The van der Waals surface area contributed by atoms with Crippen LogP contribution in [0.2, 0.25) is 0 Å². The molecular weight excluding hydrogens is 212 g/mol. The van der Waals surface area contributed by atoms with Crippen molar-refractivity contribution < 1.29 is 4.42 Å². The monoisotopic (exact) mass is 220 g/mol. The normalized spacial score (nSPS) is 12.1. The van der Waals surface area contributed by atoms with Crippen molar-refractivity contribution in [3.8, 4) is 0 Å². The van der Waals surface area contributed by atoms with Crippen molar-refractivity contribution in [3.63, 3.8) is 0 Å². The second kappa shape index (κ2) is 4.16. The summed E-state index contributed by atoms with van der Waals surface area (Å²) in [6.07, 6.45) is 3.14. The lowest BCUT2D eigenvalue weighted by molar-refractivity contribution is 0.562. The maximum absolute atomic E-state index is 8.54. The molecule has 0 aliphatic rings. The Balaban J connectivity index is 2.45. The smallest absolute Gasteiger partial charge is 0.102 e. The van der Waals surface area contributed by atoms with Gasteiger partial charge in [-0.2, -0.15) is 0 Å². The van der Waals surface area contributed by atoms with Crippen LogP contribution in [0.4, 0.5) is 0 Å². The van der Waals surface area contributed by atoms with E-state index in [0.29, 0.717) is 0 Å². The summed E-state index contributed by atoms with van der Waals surface area (Å²) in [6.45, 7) is 1.89. The average Bonchev–Trinajstić information content (AvgIpc) is 2.85. The summed E-state index contributed by atoms with van der Waals surface area (Å²) >= 11 is 1.48. The number of azide groups is 1. The highest BCUT2D eigenvalue weighted by Crippen LogP contribution is 2.31. The predicted molar refractivity (Wildman–Crippen MR) is 56.5 cm³/mol. The summed E-state index contributed by atoms with van der Waals surface area (Å²) in [5.74, 6) is 0. The van der Waals surface area contributed by atoms with E-state index in [1.165, 1.54) is 11.3 Å². The van der Waals surface area contributed by atoms with Crippen molar-refractivity contribution in [2.24, 2.45) is 5.11 Å². The van der Waals surface area contributed by atoms with E-state index in [4.69, 9.17) is 9.95 Å². The van der Waals surface area contributed by atoms with E-state index in [1.807, 2.05) is 6.92 Å². The molecule has 0 aromatic carbocycles. The Kier molecular flexibility index (Phi) is 2.71. The lowest BCUT2D eigenvalue weighted by Gasteiger charge is -2.06. The number of aryl methyl sites for hydroxylation is 1. The van der Waals surface area contributed by atoms with Crippen LogP contribution < -0.4 is 0 Å². The van der Waals surface area contributed by atoms with Crippen LogP contribution in [0.25, 0.3) is 10.4 Å². The SMILES string of the molecule is Cc1ncsc1C(N=[N+]=[N-])c1ccoc1. The zero-order valence-electron chi connectivity index (χ0n) is 7.99. The molecule has 1 atom stereocenters. The van der Waals surface area contributed by atoms with E-state index in [-0.39, 0.29) is 6.04 Å². The second-order valence-electron chi connectivity index (χ2n) is 2.97. The fraction of sp³-hybridized carbons (Fsp3) is 0.222. The first-order chi connectivity index (χ1) is 7.33. The summed E-state index contributed by atoms with van der Waals surface area (Å²) in [5.41, 5.74) is 12.0. The van der Waals surface area contributed by atoms with Crippen LogP contribution in [0.5, 0.6) is 0 Å². The number of rotatable bonds is 3. The lowest BCUT2D eigenvalue weighted by Crippen LogP contribution is -1.94. The fourth-order valence-corrected chi connectivity index (χ4v) is 2.19. The summed E-state index contributed by atoms with van der Waals surface area (Å²) in [4.78, 5) is 7.94. The minimum Gasteiger partial charge on any atom is -0.472 e. The third kappa shape index (κ3) is 1.86. The molecule has 0 N–H and O–H groups in total.